The Hall–Kier alpha value is -2.71. The molecule has 2 aromatic heterocycles. The lowest BCUT2D eigenvalue weighted by Gasteiger charge is -2.16. The number of carbonyl (C=O) groups excluding carboxylic acids is 1. The molecule has 0 unspecified atom stereocenters. The van der Waals surface area contributed by atoms with Gasteiger partial charge in [0.25, 0.3) is 5.91 Å². The van der Waals surface area contributed by atoms with Gasteiger partial charge in [-0.3, -0.25) is 24.3 Å². The number of nitrogens with zero attached hydrogens (tertiary/aromatic N) is 6. The Bertz CT molecular complexity index is 789. The Morgan fingerprint density at radius 2 is 1.74 bits per heavy atom. The van der Waals surface area contributed by atoms with Crippen molar-refractivity contribution in [1.82, 2.24) is 24.5 Å². The number of nitro groups is 1. The van der Waals surface area contributed by atoms with Crippen LogP contribution in [0.2, 0.25) is 0 Å². The Morgan fingerprint density at radius 1 is 1.17 bits per heavy atom. The van der Waals surface area contributed by atoms with Crippen LogP contribution in [0.15, 0.2) is 0 Å². The van der Waals surface area contributed by atoms with Gasteiger partial charge in [0.05, 0.1) is 10.6 Å². The van der Waals surface area contributed by atoms with E-state index in [0.29, 0.717) is 12.2 Å². The largest absolute Gasteiger partial charge is 0.336 e. The molecule has 2 aromatic rings. The molecule has 23 heavy (non-hydrogen) atoms. The van der Waals surface area contributed by atoms with Crippen LogP contribution in [-0.2, 0) is 20.6 Å². The summed E-state index contributed by atoms with van der Waals surface area (Å²) in [5.74, 6) is -0.483. The molecule has 9 nitrogen and oxygen atoms in total. The summed E-state index contributed by atoms with van der Waals surface area (Å²) in [5, 5.41) is 19.5. The van der Waals surface area contributed by atoms with Crippen LogP contribution in [0.1, 0.15) is 33.1 Å². The maximum atomic E-state index is 12.6. The highest BCUT2D eigenvalue weighted by Gasteiger charge is 2.31. The van der Waals surface area contributed by atoms with Crippen molar-refractivity contribution in [2.75, 3.05) is 7.05 Å². The van der Waals surface area contributed by atoms with Crippen LogP contribution in [0.4, 0.5) is 5.69 Å². The van der Waals surface area contributed by atoms with Gasteiger partial charge in [0, 0.05) is 38.9 Å². The molecule has 0 aromatic carbocycles. The molecule has 124 valence electrons. The first kappa shape index (κ1) is 16.7. The summed E-state index contributed by atoms with van der Waals surface area (Å²) >= 11 is 0. The van der Waals surface area contributed by atoms with Crippen LogP contribution in [0.25, 0.3) is 0 Å². The molecule has 0 radical (unpaired) electrons. The van der Waals surface area contributed by atoms with Gasteiger partial charge >= 0.3 is 5.69 Å². The molecule has 0 N–H and O–H groups in total. The fourth-order valence-electron chi connectivity index (χ4n) is 2.50. The Labute approximate surface area is 133 Å². The van der Waals surface area contributed by atoms with Crippen molar-refractivity contribution in [2.24, 2.45) is 14.1 Å². The standard InChI is InChI=1S/C14H20N6O3/c1-8-11(9(2)18(5)15-8)7-17(4)14(21)12-13(20(22)23)10(3)19(6)16-12/h7H2,1-6H3. The minimum Gasteiger partial charge on any atom is -0.336 e. The third kappa shape index (κ3) is 2.81. The molecule has 1 amide bonds. The third-order valence-electron chi connectivity index (χ3n) is 4.09. The molecule has 0 aliphatic carbocycles. The van der Waals surface area contributed by atoms with Crippen LogP contribution >= 0.6 is 0 Å². The van der Waals surface area contributed by atoms with Gasteiger partial charge in [-0.05, 0) is 20.8 Å². The third-order valence-corrected chi connectivity index (χ3v) is 4.09. The van der Waals surface area contributed by atoms with E-state index in [1.54, 1.807) is 25.7 Å². The summed E-state index contributed by atoms with van der Waals surface area (Å²) < 4.78 is 3.09. The predicted octanol–water partition coefficient (Wildman–Crippen LogP) is 1.26. The fourth-order valence-corrected chi connectivity index (χ4v) is 2.50. The second kappa shape index (κ2) is 5.82. The van der Waals surface area contributed by atoms with E-state index >= 15 is 0 Å². The number of hydrogen-bond donors (Lipinski definition) is 0. The van der Waals surface area contributed by atoms with Crippen molar-refractivity contribution < 1.29 is 9.72 Å². The van der Waals surface area contributed by atoms with Crippen molar-refractivity contribution in [3.63, 3.8) is 0 Å². The van der Waals surface area contributed by atoms with Crippen molar-refractivity contribution in [3.05, 3.63) is 38.5 Å². The maximum absolute atomic E-state index is 12.6. The Balaban J connectivity index is 2.34. The minimum absolute atomic E-state index is 0.142. The molecule has 0 saturated carbocycles. The van der Waals surface area contributed by atoms with E-state index < -0.39 is 10.8 Å². The number of aromatic nitrogens is 4. The first-order valence-corrected chi connectivity index (χ1v) is 7.07. The zero-order valence-corrected chi connectivity index (χ0v) is 14.1. The smallest absolute Gasteiger partial charge is 0.322 e. The van der Waals surface area contributed by atoms with Crippen molar-refractivity contribution in [1.29, 1.82) is 0 Å². The predicted molar refractivity (Wildman–Crippen MR) is 83.1 cm³/mol. The lowest BCUT2D eigenvalue weighted by Crippen LogP contribution is -2.27. The molecule has 0 fully saturated rings. The minimum atomic E-state index is -0.565. The lowest BCUT2D eigenvalue weighted by atomic mass is 10.2. The van der Waals surface area contributed by atoms with E-state index in [1.165, 1.54) is 9.58 Å². The molecule has 0 atom stereocenters. The Kier molecular flexibility index (Phi) is 4.22. The molecule has 0 bridgehead atoms. The number of rotatable bonds is 4. The molecular weight excluding hydrogens is 300 g/mol. The normalized spacial score (nSPS) is 10.9. The van der Waals surface area contributed by atoms with Gasteiger partial charge in [-0.1, -0.05) is 0 Å². The number of amides is 1. The highest BCUT2D eigenvalue weighted by molar-refractivity contribution is 5.96. The van der Waals surface area contributed by atoms with E-state index in [0.717, 1.165) is 17.0 Å². The highest BCUT2D eigenvalue weighted by atomic mass is 16.6. The fraction of sp³-hybridized carbons (Fsp3) is 0.500. The molecule has 0 aliphatic heterocycles. The second-order valence-corrected chi connectivity index (χ2v) is 5.60. The van der Waals surface area contributed by atoms with Crippen LogP contribution in [-0.4, -0.2) is 42.3 Å². The first-order valence-electron chi connectivity index (χ1n) is 7.07. The van der Waals surface area contributed by atoms with Crippen molar-refractivity contribution >= 4 is 11.6 Å². The van der Waals surface area contributed by atoms with E-state index in [4.69, 9.17) is 0 Å². The average Bonchev–Trinajstić information content (AvgIpc) is 2.89. The molecular formula is C14H20N6O3. The van der Waals surface area contributed by atoms with Crippen molar-refractivity contribution in [2.45, 2.75) is 27.3 Å². The van der Waals surface area contributed by atoms with Gasteiger partial charge in [-0.15, -0.1) is 0 Å². The quantitative estimate of drug-likeness (QED) is 0.624. The molecule has 2 rings (SSSR count). The lowest BCUT2D eigenvalue weighted by molar-refractivity contribution is -0.385. The summed E-state index contributed by atoms with van der Waals surface area (Å²) in [7, 11) is 5.01. The van der Waals surface area contributed by atoms with Crippen LogP contribution < -0.4 is 0 Å². The summed E-state index contributed by atoms with van der Waals surface area (Å²) in [6.07, 6.45) is 0. The summed E-state index contributed by atoms with van der Waals surface area (Å²) in [4.78, 5) is 24.7. The number of hydrogen-bond acceptors (Lipinski definition) is 5. The van der Waals surface area contributed by atoms with Crippen LogP contribution in [0.5, 0.6) is 0 Å². The molecule has 2 heterocycles. The van der Waals surface area contributed by atoms with Gasteiger partial charge in [0.15, 0.2) is 0 Å². The van der Waals surface area contributed by atoms with E-state index in [9.17, 15) is 14.9 Å². The highest BCUT2D eigenvalue weighted by Crippen LogP contribution is 2.24. The zero-order chi connectivity index (χ0) is 17.5. The molecule has 0 spiro atoms. The van der Waals surface area contributed by atoms with Crippen LogP contribution in [0, 0.1) is 30.9 Å². The number of carbonyl (C=O) groups is 1. The number of aryl methyl sites for hydroxylation is 3. The van der Waals surface area contributed by atoms with Crippen LogP contribution in [0.3, 0.4) is 0 Å². The summed E-state index contributed by atoms with van der Waals surface area (Å²) in [6.45, 7) is 5.67. The van der Waals surface area contributed by atoms with E-state index in [1.807, 2.05) is 20.9 Å². The van der Waals surface area contributed by atoms with Gasteiger partial charge < -0.3 is 4.90 Å². The van der Waals surface area contributed by atoms with Gasteiger partial charge in [0.1, 0.15) is 5.69 Å². The topological polar surface area (TPSA) is 99.1 Å². The molecule has 0 aliphatic rings. The monoisotopic (exact) mass is 320 g/mol. The molecule has 0 saturated heterocycles. The SMILES string of the molecule is Cc1nn(C)c(C)c1CN(C)C(=O)c1nn(C)c(C)c1[N+](=O)[O-]. The van der Waals surface area contributed by atoms with Gasteiger partial charge in [0.2, 0.25) is 5.69 Å². The second-order valence-electron chi connectivity index (χ2n) is 5.60. The van der Waals surface area contributed by atoms with E-state index in [-0.39, 0.29) is 11.4 Å². The maximum Gasteiger partial charge on any atom is 0.322 e. The summed E-state index contributed by atoms with van der Waals surface area (Å²) in [5.41, 5.74) is 2.67. The zero-order valence-electron chi connectivity index (χ0n) is 14.1. The average molecular weight is 320 g/mol. The summed E-state index contributed by atoms with van der Waals surface area (Å²) in [6, 6.07) is 0. The Morgan fingerprint density at radius 3 is 2.22 bits per heavy atom. The van der Waals surface area contributed by atoms with Gasteiger partial charge in [-0.2, -0.15) is 10.2 Å². The van der Waals surface area contributed by atoms with E-state index in [2.05, 4.69) is 10.2 Å². The molecule has 9 heteroatoms. The van der Waals surface area contributed by atoms with Crippen molar-refractivity contribution in [3.8, 4) is 0 Å². The first-order chi connectivity index (χ1) is 10.6. The van der Waals surface area contributed by atoms with Gasteiger partial charge in [-0.25, -0.2) is 0 Å².